The zero-order valence-corrected chi connectivity index (χ0v) is 10.0. The van der Waals surface area contributed by atoms with Gasteiger partial charge in [-0.1, -0.05) is 6.92 Å². The topological polar surface area (TPSA) is 55.1 Å². The van der Waals surface area contributed by atoms with Crippen LogP contribution in [0.4, 0.5) is 0 Å². The molecule has 0 aliphatic carbocycles. The number of nitrogens with one attached hydrogen (secondary N) is 1. The Morgan fingerprint density at radius 1 is 1.50 bits per heavy atom. The van der Waals surface area contributed by atoms with Gasteiger partial charge < -0.3 is 11.1 Å². The lowest BCUT2D eigenvalue weighted by molar-refractivity contribution is -0.121. The molecule has 0 aromatic heterocycles. The Labute approximate surface area is 91.2 Å². The third-order valence-corrected chi connectivity index (χ3v) is 2.73. The SMILES string of the molecule is CSCCCCNC(=O)CC(C)CN. The summed E-state index contributed by atoms with van der Waals surface area (Å²) >= 11 is 1.85. The first-order chi connectivity index (χ1) is 6.70. The van der Waals surface area contributed by atoms with Crippen LogP contribution in [0, 0.1) is 5.92 Å². The van der Waals surface area contributed by atoms with Gasteiger partial charge in [-0.25, -0.2) is 0 Å². The molecule has 0 fully saturated rings. The fraction of sp³-hybridized carbons (Fsp3) is 0.900. The van der Waals surface area contributed by atoms with Crippen molar-refractivity contribution in [1.29, 1.82) is 0 Å². The molecule has 0 saturated heterocycles. The number of carbonyl (C=O) groups excluding carboxylic acids is 1. The number of unbranched alkanes of at least 4 members (excludes halogenated alkanes) is 1. The van der Waals surface area contributed by atoms with Crippen molar-refractivity contribution < 1.29 is 4.79 Å². The average Bonchev–Trinajstić information content (AvgIpc) is 2.17. The molecule has 0 aliphatic heterocycles. The third-order valence-electron chi connectivity index (χ3n) is 2.03. The molecule has 4 heteroatoms. The molecule has 1 amide bonds. The van der Waals surface area contributed by atoms with Crippen molar-refractivity contribution in [3.63, 3.8) is 0 Å². The van der Waals surface area contributed by atoms with Gasteiger partial charge in [0, 0.05) is 13.0 Å². The van der Waals surface area contributed by atoms with Crippen molar-refractivity contribution in [2.45, 2.75) is 26.2 Å². The number of hydrogen-bond acceptors (Lipinski definition) is 3. The molecular formula is C10H22N2OS. The van der Waals surface area contributed by atoms with Gasteiger partial charge in [0.05, 0.1) is 0 Å². The van der Waals surface area contributed by atoms with E-state index in [2.05, 4.69) is 11.6 Å². The number of thioether (sulfide) groups is 1. The van der Waals surface area contributed by atoms with E-state index in [1.807, 2.05) is 18.7 Å². The van der Waals surface area contributed by atoms with Crippen molar-refractivity contribution in [3.8, 4) is 0 Å². The molecule has 0 rings (SSSR count). The Kier molecular flexibility index (Phi) is 9.19. The fourth-order valence-electron chi connectivity index (χ4n) is 1.07. The molecule has 14 heavy (non-hydrogen) atoms. The molecule has 0 spiro atoms. The van der Waals surface area contributed by atoms with Crippen LogP contribution in [0.5, 0.6) is 0 Å². The van der Waals surface area contributed by atoms with Crippen LogP contribution < -0.4 is 11.1 Å². The number of hydrogen-bond donors (Lipinski definition) is 2. The van der Waals surface area contributed by atoms with Gasteiger partial charge >= 0.3 is 0 Å². The summed E-state index contributed by atoms with van der Waals surface area (Å²) < 4.78 is 0. The lowest BCUT2D eigenvalue weighted by Gasteiger charge is -2.08. The lowest BCUT2D eigenvalue weighted by atomic mass is 10.1. The van der Waals surface area contributed by atoms with Crippen LogP contribution in [-0.2, 0) is 4.79 Å². The Bertz CT molecular complexity index is 153. The normalized spacial score (nSPS) is 12.5. The first-order valence-corrected chi connectivity index (χ1v) is 6.55. The molecule has 0 aromatic rings. The second kappa shape index (κ2) is 9.34. The molecule has 84 valence electrons. The predicted octanol–water partition coefficient (Wildman–Crippen LogP) is 1.23. The van der Waals surface area contributed by atoms with Crippen LogP contribution in [-0.4, -0.2) is 31.0 Å². The van der Waals surface area contributed by atoms with Crippen LogP contribution in [0.15, 0.2) is 0 Å². The minimum absolute atomic E-state index is 0.132. The second-order valence-electron chi connectivity index (χ2n) is 3.59. The first-order valence-electron chi connectivity index (χ1n) is 5.16. The number of carbonyl (C=O) groups is 1. The molecule has 3 nitrogen and oxygen atoms in total. The van der Waals surface area contributed by atoms with Gasteiger partial charge in [0.25, 0.3) is 0 Å². The van der Waals surface area contributed by atoms with E-state index >= 15 is 0 Å². The summed E-state index contributed by atoms with van der Waals surface area (Å²) in [7, 11) is 0. The summed E-state index contributed by atoms with van der Waals surface area (Å²) in [5.74, 6) is 1.60. The molecule has 1 atom stereocenters. The molecule has 0 saturated carbocycles. The van der Waals surface area contributed by atoms with Gasteiger partial charge in [-0.2, -0.15) is 11.8 Å². The van der Waals surface area contributed by atoms with Crippen molar-refractivity contribution >= 4 is 17.7 Å². The number of rotatable bonds is 8. The fourth-order valence-corrected chi connectivity index (χ4v) is 1.56. The highest BCUT2D eigenvalue weighted by molar-refractivity contribution is 7.98. The summed E-state index contributed by atoms with van der Waals surface area (Å²) in [6.45, 7) is 3.38. The maximum absolute atomic E-state index is 11.3. The predicted molar refractivity (Wildman–Crippen MR) is 63.5 cm³/mol. The number of amides is 1. The van der Waals surface area contributed by atoms with Gasteiger partial charge in [-0.05, 0) is 37.3 Å². The van der Waals surface area contributed by atoms with Gasteiger partial charge in [-0.3, -0.25) is 4.79 Å². The van der Waals surface area contributed by atoms with Crippen molar-refractivity contribution in [2.24, 2.45) is 11.7 Å². The summed E-state index contributed by atoms with van der Waals surface area (Å²) in [6.07, 6.45) is 4.90. The van der Waals surface area contributed by atoms with E-state index in [0.29, 0.717) is 18.9 Å². The van der Waals surface area contributed by atoms with Gasteiger partial charge in [0.15, 0.2) is 0 Å². The lowest BCUT2D eigenvalue weighted by Crippen LogP contribution is -2.27. The van der Waals surface area contributed by atoms with Crippen LogP contribution >= 0.6 is 11.8 Å². The Balaban J connectivity index is 3.27. The van der Waals surface area contributed by atoms with E-state index in [1.54, 1.807) is 0 Å². The molecule has 0 aliphatic rings. The number of nitrogens with two attached hydrogens (primary N) is 1. The summed E-state index contributed by atoms with van der Waals surface area (Å²) in [5.41, 5.74) is 5.43. The highest BCUT2D eigenvalue weighted by atomic mass is 32.2. The minimum Gasteiger partial charge on any atom is -0.356 e. The Hall–Kier alpha value is -0.220. The highest BCUT2D eigenvalue weighted by Crippen LogP contribution is 2.00. The summed E-state index contributed by atoms with van der Waals surface area (Å²) in [5, 5.41) is 2.90. The largest absolute Gasteiger partial charge is 0.356 e. The van der Waals surface area contributed by atoms with Crippen LogP contribution in [0.25, 0.3) is 0 Å². The van der Waals surface area contributed by atoms with Crippen molar-refractivity contribution in [3.05, 3.63) is 0 Å². The Morgan fingerprint density at radius 2 is 2.21 bits per heavy atom. The summed E-state index contributed by atoms with van der Waals surface area (Å²) in [4.78, 5) is 11.3. The van der Waals surface area contributed by atoms with Gasteiger partial charge in [-0.15, -0.1) is 0 Å². The molecule has 3 N–H and O–H groups in total. The van der Waals surface area contributed by atoms with Gasteiger partial charge in [0.1, 0.15) is 0 Å². The Morgan fingerprint density at radius 3 is 2.79 bits per heavy atom. The molecule has 0 heterocycles. The molecular weight excluding hydrogens is 196 g/mol. The average molecular weight is 218 g/mol. The van der Waals surface area contributed by atoms with E-state index in [9.17, 15) is 4.79 Å². The van der Waals surface area contributed by atoms with Crippen LogP contribution in [0.1, 0.15) is 26.2 Å². The van der Waals surface area contributed by atoms with Gasteiger partial charge in [0.2, 0.25) is 5.91 Å². The van der Waals surface area contributed by atoms with Crippen LogP contribution in [0.2, 0.25) is 0 Å². The maximum Gasteiger partial charge on any atom is 0.220 e. The van der Waals surface area contributed by atoms with Crippen molar-refractivity contribution in [2.75, 3.05) is 25.1 Å². The second-order valence-corrected chi connectivity index (χ2v) is 4.58. The zero-order chi connectivity index (χ0) is 10.8. The van der Waals surface area contributed by atoms with E-state index in [0.717, 1.165) is 13.0 Å². The van der Waals surface area contributed by atoms with Crippen LogP contribution in [0.3, 0.4) is 0 Å². The van der Waals surface area contributed by atoms with Crippen molar-refractivity contribution in [1.82, 2.24) is 5.32 Å². The minimum atomic E-state index is 0.132. The highest BCUT2D eigenvalue weighted by Gasteiger charge is 2.05. The van der Waals surface area contributed by atoms with E-state index in [4.69, 9.17) is 5.73 Å². The van der Waals surface area contributed by atoms with E-state index < -0.39 is 0 Å². The molecule has 0 radical (unpaired) electrons. The quantitative estimate of drug-likeness (QED) is 0.603. The maximum atomic E-state index is 11.3. The summed E-state index contributed by atoms with van der Waals surface area (Å²) in [6, 6.07) is 0. The molecule has 0 aromatic carbocycles. The molecule has 1 unspecified atom stereocenters. The smallest absolute Gasteiger partial charge is 0.220 e. The standard InChI is InChI=1S/C10H22N2OS/c1-9(8-11)7-10(13)12-5-3-4-6-14-2/h9H,3-8,11H2,1-2H3,(H,12,13). The zero-order valence-electron chi connectivity index (χ0n) is 9.21. The monoisotopic (exact) mass is 218 g/mol. The van der Waals surface area contributed by atoms with E-state index in [-0.39, 0.29) is 5.91 Å². The van der Waals surface area contributed by atoms with E-state index in [1.165, 1.54) is 12.2 Å². The first kappa shape index (κ1) is 13.8. The third kappa shape index (κ3) is 8.38. The molecule has 0 bridgehead atoms.